The molecule has 0 atom stereocenters. The van der Waals surface area contributed by atoms with Gasteiger partial charge in [0.15, 0.2) is 0 Å². The van der Waals surface area contributed by atoms with Crippen LogP contribution in [0.1, 0.15) is 10.4 Å². The molecule has 2 rings (SSSR count). The Morgan fingerprint density at radius 3 is 2.53 bits per heavy atom. The zero-order valence-electron chi connectivity index (χ0n) is 7.92. The van der Waals surface area contributed by atoms with Crippen molar-refractivity contribution in [2.45, 2.75) is 0 Å². The molecule has 0 saturated carbocycles. The van der Waals surface area contributed by atoms with Gasteiger partial charge >= 0.3 is 0 Å². The van der Waals surface area contributed by atoms with Crippen LogP contribution >= 0.6 is 0 Å². The minimum Gasteiger partial charge on any atom is -0.368 e. The number of aromatic nitrogens is 2. The Morgan fingerprint density at radius 1 is 1.13 bits per heavy atom. The summed E-state index contributed by atoms with van der Waals surface area (Å²) in [4.78, 5) is 18.4. The predicted octanol–water partition coefficient (Wildman–Crippen LogP) is 1.54. The smallest absolute Gasteiger partial charge is 0.219 e. The van der Waals surface area contributed by atoms with Crippen LogP contribution in [0.15, 0.2) is 36.7 Å². The first-order valence-corrected chi connectivity index (χ1v) is 4.43. The molecule has 0 spiro atoms. The fourth-order valence-electron chi connectivity index (χ4n) is 1.28. The summed E-state index contributed by atoms with van der Waals surface area (Å²) >= 11 is 0. The summed E-state index contributed by atoms with van der Waals surface area (Å²) in [5.74, 6) is 0.241. The van der Waals surface area contributed by atoms with Crippen molar-refractivity contribution in [1.29, 1.82) is 0 Å². The van der Waals surface area contributed by atoms with Crippen molar-refractivity contribution in [3.8, 4) is 11.1 Å². The van der Waals surface area contributed by atoms with Crippen LogP contribution in [0, 0.1) is 0 Å². The van der Waals surface area contributed by atoms with Crippen LogP contribution < -0.4 is 5.73 Å². The zero-order valence-corrected chi connectivity index (χ0v) is 7.92. The lowest BCUT2D eigenvalue weighted by Crippen LogP contribution is -1.93. The van der Waals surface area contributed by atoms with E-state index in [9.17, 15) is 4.79 Å². The number of anilines is 1. The van der Waals surface area contributed by atoms with Crippen LogP contribution in [0.3, 0.4) is 0 Å². The van der Waals surface area contributed by atoms with Gasteiger partial charge in [-0.3, -0.25) is 4.79 Å². The molecule has 0 aliphatic carbocycles. The van der Waals surface area contributed by atoms with E-state index in [1.54, 1.807) is 24.5 Å². The van der Waals surface area contributed by atoms with Crippen molar-refractivity contribution < 1.29 is 4.79 Å². The third-order valence-electron chi connectivity index (χ3n) is 2.03. The first-order chi connectivity index (χ1) is 7.29. The van der Waals surface area contributed by atoms with Crippen LogP contribution in [0.4, 0.5) is 5.95 Å². The molecule has 1 aromatic heterocycles. The molecule has 4 heteroatoms. The molecular weight excluding hydrogens is 190 g/mol. The topological polar surface area (TPSA) is 68.9 Å². The lowest BCUT2D eigenvalue weighted by atomic mass is 10.1. The van der Waals surface area contributed by atoms with E-state index in [0.717, 1.165) is 17.4 Å². The van der Waals surface area contributed by atoms with E-state index < -0.39 is 0 Å². The maximum atomic E-state index is 10.6. The van der Waals surface area contributed by atoms with E-state index >= 15 is 0 Å². The molecule has 1 heterocycles. The van der Waals surface area contributed by atoms with Crippen molar-refractivity contribution in [2.24, 2.45) is 0 Å². The molecule has 0 aliphatic rings. The summed E-state index contributed by atoms with van der Waals surface area (Å²) < 4.78 is 0. The minimum atomic E-state index is 0.241. The number of hydrogen-bond acceptors (Lipinski definition) is 4. The van der Waals surface area contributed by atoms with Crippen molar-refractivity contribution in [1.82, 2.24) is 9.97 Å². The maximum Gasteiger partial charge on any atom is 0.219 e. The van der Waals surface area contributed by atoms with Gasteiger partial charge in [0.05, 0.1) is 0 Å². The third kappa shape index (κ3) is 1.99. The highest BCUT2D eigenvalue weighted by Gasteiger charge is 1.99. The number of benzene rings is 1. The van der Waals surface area contributed by atoms with Crippen LogP contribution in [-0.4, -0.2) is 16.3 Å². The number of nitrogen functional groups attached to an aromatic ring is 1. The van der Waals surface area contributed by atoms with Gasteiger partial charge in [-0.25, -0.2) is 9.97 Å². The van der Waals surface area contributed by atoms with Gasteiger partial charge in [0.25, 0.3) is 0 Å². The molecule has 0 unspecified atom stereocenters. The Labute approximate surface area is 86.8 Å². The number of aldehydes is 1. The number of nitrogens with zero attached hydrogens (tertiary/aromatic N) is 2. The highest BCUT2D eigenvalue weighted by atomic mass is 16.1. The van der Waals surface area contributed by atoms with Gasteiger partial charge in [0.2, 0.25) is 5.95 Å². The molecule has 0 aliphatic heterocycles. The molecule has 2 N–H and O–H groups in total. The van der Waals surface area contributed by atoms with E-state index in [-0.39, 0.29) is 5.95 Å². The SMILES string of the molecule is Nc1ncc(-c2cccc(C=O)c2)cn1. The Balaban J connectivity index is 2.44. The van der Waals surface area contributed by atoms with Crippen molar-refractivity contribution >= 4 is 12.2 Å². The zero-order chi connectivity index (χ0) is 10.7. The number of carbonyl (C=O) groups is 1. The fourth-order valence-corrected chi connectivity index (χ4v) is 1.28. The van der Waals surface area contributed by atoms with Gasteiger partial charge in [-0.05, 0) is 11.6 Å². The summed E-state index contributed by atoms with van der Waals surface area (Å²) in [6.45, 7) is 0. The lowest BCUT2D eigenvalue weighted by molar-refractivity contribution is 0.112. The molecule has 0 saturated heterocycles. The predicted molar refractivity (Wildman–Crippen MR) is 57.3 cm³/mol. The number of nitrogens with two attached hydrogens (primary N) is 1. The average molecular weight is 199 g/mol. The molecule has 0 amide bonds. The Hall–Kier alpha value is -2.23. The quantitative estimate of drug-likeness (QED) is 0.745. The lowest BCUT2D eigenvalue weighted by Gasteiger charge is -2.01. The van der Waals surface area contributed by atoms with Crippen molar-refractivity contribution in [2.75, 3.05) is 5.73 Å². The molecule has 2 aromatic rings. The van der Waals surface area contributed by atoms with E-state index in [2.05, 4.69) is 9.97 Å². The Kier molecular flexibility index (Phi) is 2.41. The second kappa shape index (κ2) is 3.88. The summed E-state index contributed by atoms with van der Waals surface area (Å²) in [6.07, 6.45) is 4.07. The fraction of sp³-hybridized carbons (Fsp3) is 0. The third-order valence-corrected chi connectivity index (χ3v) is 2.03. The normalized spacial score (nSPS) is 9.87. The van der Waals surface area contributed by atoms with Gasteiger partial charge in [0, 0.05) is 23.5 Å². The molecule has 74 valence electrons. The van der Waals surface area contributed by atoms with Crippen molar-refractivity contribution in [3.05, 3.63) is 42.2 Å². The largest absolute Gasteiger partial charge is 0.368 e. The second-order valence-corrected chi connectivity index (χ2v) is 3.07. The van der Waals surface area contributed by atoms with E-state index in [0.29, 0.717) is 5.56 Å². The average Bonchev–Trinajstić information content (AvgIpc) is 2.30. The van der Waals surface area contributed by atoms with E-state index in [1.165, 1.54) is 0 Å². The maximum absolute atomic E-state index is 10.6. The summed E-state index contributed by atoms with van der Waals surface area (Å²) in [5.41, 5.74) is 7.75. The summed E-state index contributed by atoms with van der Waals surface area (Å²) in [7, 11) is 0. The molecule has 15 heavy (non-hydrogen) atoms. The number of hydrogen-bond donors (Lipinski definition) is 1. The standard InChI is InChI=1S/C11H9N3O/c12-11-13-5-10(6-14-11)9-3-1-2-8(4-9)7-15/h1-7H,(H2,12,13,14). The van der Waals surface area contributed by atoms with Crippen LogP contribution in [0.5, 0.6) is 0 Å². The molecule has 0 radical (unpaired) electrons. The minimum absolute atomic E-state index is 0.241. The van der Waals surface area contributed by atoms with E-state index in [1.807, 2.05) is 12.1 Å². The van der Waals surface area contributed by atoms with Gasteiger partial charge < -0.3 is 5.73 Å². The highest BCUT2D eigenvalue weighted by molar-refractivity contribution is 5.78. The first-order valence-electron chi connectivity index (χ1n) is 4.43. The first kappa shape index (κ1) is 9.33. The molecule has 4 nitrogen and oxygen atoms in total. The molecule has 0 fully saturated rings. The monoisotopic (exact) mass is 199 g/mol. The molecule has 1 aromatic carbocycles. The Bertz CT molecular complexity index is 479. The molecular formula is C11H9N3O. The second-order valence-electron chi connectivity index (χ2n) is 3.07. The van der Waals surface area contributed by atoms with E-state index in [4.69, 9.17) is 5.73 Å². The number of carbonyl (C=O) groups excluding carboxylic acids is 1. The van der Waals surface area contributed by atoms with Gasteiger partial charge in [-0.2, -0.15) is 0 Å². The van der Waals surface area contributed by atoms with Crippen molar-refractivity contribution in [3.63, 3.8) is 0 Å². The van der Waals surface area contributed by atoms with Gasteiger partial charge in [-0.1, -0.05) is 18.2 Å². The van der Waals surface area contributed by atoms with Gasteiger partial charge in [-0.15, -0.1) is 0 Å². The van der Waals surface area contributed by atoms with Crippen LogP contribution in [0.25, 0.3) is 11.1 Å². The van der Waals surface area contributed by atoms with Crippen LogP contribution in [-0.2, 0) is 0 Å². The Morgan fingerprint density at radius 2 is 1.87 bits per heavy atom. The van der Waals surface area contributed by atoms with Crippen LogP contribution in [0.2, 0.25) is 0 Å². The van der Waals surface area contributed by atoms with Gasteiger partial charge in [0.1, 0.15) is 6.29 Å². The number of rotatable bonds is 2. The summed E-state index contributed by atoms with van der Waals surface area (Å²) in [5, 5.41) is 0. The summed E-state index contributed by atoms with van der Waals surface area (Å²) in [6, 6.07) is 7.23. The molecule has 0 bridgehead atoms. The highest BCUT2D eigenvalue weighted by Crippen LogP contribution is 2.18.